The molecule has 0 saturated carbocycles. The topological polar surface area (TPSA) is 51.2 Å². The number of hydrogen-bond donors (Lipinski definition) is 0. The summed E-state index contributed by atoms with van der Waals surface area (Å²) in [5, 5.41) is 1.99. The molecule has 1 aromatic heterocycles. The minimum absolute atomic E-state index is 0.0425. The zero-order valence-electron chi connectivity index (χ0n) is 16.5. The molecule has 0 amide bonds. The van der Waals surface area contributed by atoms with Gasteiger partial charge in [0.15, 0.2) is 5.76 Å². The van der Waals surface area contributed by atoms with Crippen LogP contribution in [0.3, 0.4) is 0 Å². The van der Waals surface area contributed by atoms with Crippen molar-refractivity contribution < 1.29 is 19.0 Å². The molecule has 152 valence electrons. The minimum Gasteiger partial charge on any atom is -0.478 e. The van der Waals surface area contributed by atoms with Gasteiger partial charge in [-0.3, -0.25) is 14.6 Å². The van der Waals surface area contributed by atoms with Crippen LogP contribution in [0.15, 0.2) is 29.3 Å². The maximum Gasteiger partial charge on any atom is 0.232 e. The van der Waals surface area contributed by atoms with Gasteiger partial charge in [-0.25, -0.2) is 0 Å². The van der Waals surface area contributed by atoms with Crippen molar-refractivity contribution in [3.8, 4) is 11.5 Å². The SMILES string of the molecule is Cc1cc2c(c3c1C(=O)/C(=C/c1cccs1)O3)CN(CCN1CCOCC1)CO2. The van der Waals surface area contributed by atoms with E-state index in [4.69, 9.17) is 14.2 Å². The summed E-state index contributed by atoms with van der Waals surface area (Å²) in [6, 6.07) is 5.93. The Morgan fingerprint density at radius 2 is 2.03 bits per heavy atom. The van der Waals surface area contributed by atoms with Crippen LogP contribution >= 0.6 is 11.3 Å². The molecule has 6 nitrogen and oxygen atoms in total. The molecule has 1 saturated heterocycles. The van der Waals surface area contributed by atoms with Gasteiger partial charge in [0.1, 0.15) is 18.2 Å². The van der Waals surface area contributed by atoms with E-state index in [2.05, 4.69) is 9.80 Å². The first-order valence-electron chi connectivity index (χ1n) is 9.98. The van der Waals surface area contributed by atoms with Crippen LogP contribution in [0.2, 0.25) is 0 Å². The molecule has 3 aliphatic heterocycles. The molecular formula is C22H24N2O4S. The smallest absolute Gasteiger partial charge is 0.232 e. The highest BCUT2D eigenvalue weighted by atomic mass is 32.1. The fourth-order valence-electron chi connectivity index (χ4n) is 4.03. The number of aryl methyl sites for hydroxylation is 1. The fourth-order valence-corrected chi connectivity index (χ4v) is 4.68. The van der Waals surface area contributed by atoms with E-state index in [0.717, 1.165) is 67.7 Å². The Hall–Kier alpha value is -2.19. The summed E-state index contributed by atoms with van der Waals surface area (Å²) in [7, 11) is 0. The number of ether oxygens (including phenoxy) is 3. The number of Topliss-reactive ketones (excluding diaryl/α,β-unsaturated/α-hetero) is 1. The monoisotopic (exact) mass is 412 g/mol. The average Bonchev–Trinajstić information content (AvgIpc) is 3.36. The van der Waals surface area contributed by atoms with Gasteiger partial charge in [0, 0.05) is 43.7 Å². The molecule has 7 heteroatoms. The largest absolute Gasteiger partial charge is 0.478 e. The molecule has 3 aliphatic rings. The van der Waals surface area contributed by atoms with Crippen molar-refractivity contribution in [3.05, 3.63) is 50.9 Å². The molecule has 0 radical (unpaired) electrons. The molecule has 2 aromatic rings. The third-order valence-electron chi connectivity index (χ3n) is 5.64. The number of carbonyl (C=O) groups is 1. The average molecular weight is 413 g/mol. The molecule has 1 fully saturated rings. The quantitative estimate of drug-likeness (QED) is 0.719. The summed E-state index contributed by atoms with van der Waals surface area (Å²) in [5.74, 6) is 1.85. The molecule has 0 spiro atoms. The van der Waals surface area contributed by atoms with Crippen LogP contribution < -0.4 is 9.47 Å². The highest BCUT2D eigenvalue weighted by Crippen LogP contribution is 2.44. The van der Waals surface area contributed by atoms with Crippen molar-refractivity contribution in [3.63, 3.8) is 0 Å². The number of allylic oxidation sites excluding steroid dienone is 1. The Labute approximate surface area is 174 Å². The van der Waals surface area contributed by atoms with Gasteiger partial charge in [0.2, 0.25) is 5.78 Å². The number of carbonyl (C=O) groups excluding carboxylic acids is 1. The molecule has 0 aliphatic carbocycles. The van der Waals surface area contributed by atoms with E-state index in [9.17, 15) is 4.79 Å². The Bertz CT molecular complexity index is 948. The van der Waals surface area contributed by atoms with E-state index < -0.39 is 0 Å². The Morgan fingerprint density at radius 1 is 1.21 bits per heavy atom. The molecule has 0 bridgehead atoms. The predicted octanol–water partition coefficient (Wildman–Crippen LogP) is 3.16. The van der Waals surface area contributed by atoms with Gasteiger partial charge in [0.05, 0.1) is 24.3 Å². The van der Waals surface area contributed by atoms with Crippen molar-refractivity contribution in [2.45, 2.75) is 13.5 Å². The van der Waals surface area contributed by atoms with Crippen LogP contribution in [-0.4, -0.2) is 61.7 Å². The lowest BCUT2D eigenvalue weighted by Crippen LogP contribution is -2.43. The second-order valence-electron chi connectivity index (χ2n) is 7.61. The van der Waals surface area contributed by atoms with Crippen molar-refractivity contribution in [2.24, 2.45) is 0 Å². The molecule has 5 rings (SSSR count). The lowest BCUT2D eigenvalue weighted by Gasteiger charge is -2.33. The van der Waals surface area contributed by atoms with E-state index in [1.807, 2.05) is 36.6 Å². The molecule has 0 unspecified atom stereocenters. The number of thiophene rings is 1. The van der Waals surface area contributed by atoms with Gasteiger partial charge in [-0.05, 0) is 30.0 Å². The second-order valence-corrected chi connectivity index (χ2v) is 8.59. The molecular weight excluding hydrogens is 388 g/mol. The van der Waals surface area contributed by atoms with Crippen molar-refractivity contribution in [1.29, 1.82) is 0 Å². The number of ketones is 1. The van der Waals surface area contributed by atoms with Crippen LogP contribution in [0.4, 0.5) is 0 Å². The fraction of sp³-hybridized carbons (Fsp3) is 0.409. The number of nitrogens with zero attached hydrogens (tertiary/aromatic N) is 2. The van der Waals surface area contributed by atoms with Gasteiger partial charge in [-0.1, -0.05) is 6.07 Å². The van der Waals surface area contributed by atoms with Crippen molar-refractivity contribution >= 4 is 23.2 Å². The summed E-state index contributed by atoms with van der Waals surface area (Å²) in [6.07, 6.45) is 1.83. The van der Waals surface area contributed by atoms with E-state index in [-0.39, 0.29) is 5.78 Å². The van der Waals surface area contributed by atoms with Gasteiger partial charge in [-0.15, -0.1) is 11.3 Å². The van der Waals surface area contributed by atoms with Crippen LogP contribution in [0.1, 0.15) is 26.4 Å². The lowest BCUT2D eigenvalue weighted by molar-refractivity contribution is 0.0239. The normalized spacial score (nSPS) is 21.0. The van der Waals surface area contributed by atoms with Crippen molar-refractivity contribution in [2.75, 3.05) is 46.1 Å². The third kappa shape index (κ3) is 3.71. The zero-order chi connectivity index (χ0) is 19.8. The molecule has 1 aromatic carbocycles. The van der Waals surface area contributed by atoms with Gasteiger partial charge in [0.25, 0.3) is 0 Å². The number of fused-ring (bicyclic) bond motifs is 3. The van der Waals surface area contributed by atoms with Gasteiger partial charge >= 0.3 is 0 Å². The van der Waals surface area contributed by atoms with Gasteiger partial charge in [-0.2, -0.15) is 0 Å². The highest BCUT2D eigenvalue weighted by molar-refractivity contribution is 7.10. The van der Waals surface area contributed by atoms with E-state index >= 15 is 0 Å². The first-order valence-corrected chi connectivity index (χ1v) is 10.9. The number of hydrogen-bond acceptors (Lipinski definition) is 7. The molecule has 0 atom stereocenters. The number of morpholine rings is 1. The van der Waals surface area contributed by atoms with Crippen LogP contribution in [0, 0.1) is 6.92 Å². The Kier molecular flexibility index (Phi) is 5.13. The Balaban J connectivity index is 1.37. The van der Waals surface area contributed by atoms with Crippen LogP contribution in [0.25, 0.3) is 6.08 Å². The first kappa shape index (κ1) is 18.8. The second kappa shape index (κ2) is 7.91. The van der Waals surface area contributed by atoms with E-state index in [1.54, 1.807) is 11.3 Å². The van der Waals surface area contributed by atoms with E-state index in [0.29, 0.717) is 23.8 Å². The Morgan fingerprint density at radius 3 is 2.83 bits per heavy atom. The molecule has 29 heavy (non-hydrogen) atoms. The standard InChI is InChI=1S/C22H24N2O4S/c1-15-11-18-17(13-24(14-27-18)5-4-23-6-8-26-9-7-23)22-20(15)21(25)19(28-22)12-16-3-2-10-29-16/h2-3,10-12H,4-9,13-14H2,1H3/b19-12-. The highest BCUT2D eigenvalue weighted by Gasteiger charge is 2.35. The summed E-state index contributed by atoms with van der Waals surface area (Å²) >= 11 is 1.59. The minimum atomic E-state index is -0.0425. The van der Waals surface area contributed by atoms with E-state index in [1.165, 1.54) is 0 Å². The first-order chi connectivity index (χ1) is 14.2. The summed E-state index contributed by atoms with van der Waals surface area (Å²) < 4.78 is 17.6. The third-order valence-corrected chi connectivity index (χ3v) is 6.46. The molecule has 0 N–H and O–H groups in total. The molecule has 4 heterocycles. The lowest BCUT2D eigenvalue weighted by atomic mass is 9.99. The summed E-state index contributed by atoms with van der Waals surface area (Å²) in [6.45, 7) is 8.70. The number of rotatable bonds is 4. The van der Waals surface area contributed by atoms with Crippen LogP contribution in [-0.2, 0) is 11.3 Å². The predicted molar refractivity (Wildman–Crippen MR) is 112 cm³/mol. The van der Waals surface area contributed by atoms with Crippen LogP contribution in [0.5, 0.6) is 11.5 Å². The summed E-state index contributed by atoms with van der Waals surface area (Å²) in [4.78, 5) is 18.7. The summed E-state index contributed by atoms with van der Waals surface area (Å²) in [5.41, 5.74) is 2.55. The van der Waals surface area contributed by atoms with Gasteiger partial charge < -0.3 is 14.2 Å². The maximum atomic E-state index is 13.0. The maximum absolute atomic E-state index is 13.0. The number of benzene rings is 1. The zero-order valence-corrected chi connectivity index (χ0v) is 17.3. The van der Waals surface area contributed by atoms with Crippen molar-refractivity contribution in [1.82, 2.24) is 9.80 Å².